The largest absolute Gasteiger partial charge is 0.471 e. The Labute approximate surface area is 185 Å². The van der Waals surface area contributed by atoms with E-state index in [9.17, 15) is 14.4 Å². The maximum absolute atomic E-state index is 11.9. The first kappa shape index (κ1) is 22.7. The molecule has 2 atom stereocenters. The number of primary amides is 2. The maximum atomic E-state index is 11.9. The minimum absolute atomic E-state index is 0.0171. The molecule has 3 rings (SSSR count). The van der Waals surface area contributed by atoms with Gasteiger partial charge < -0.3 is 26.8 Å². The summed E-state index contributed by atoms with van der Waals surface area (Å²) in [6.45, 7) is 5.32. The molecule has 10 nitrogen and oxygen atoms in total. The van der Waals surface area contributed by atoms with Crippen molar-refractivity contribution in [2.45, 2.75) is 44.8 Å². The zero-order chi connectivity index (χ0) is 23.3. The molecule has 6 N–H and O–H groups in total. The van der Waals surface area contributed by atoms with Crippen LogP contribution in [-0.2, 0) is 4.79 Å². The summed E-state index contributed by atoms with van der Waals surface area (Å²) in [6, 6.07) is 4.70. The number of aryl methyl sites for hydroxylation is 1. The number of amides is 3. The second-order valence-corrected chi connectivity index (χ2v) is 7.56. The molecule has 1 aliphatic carbocycles. The lowest BCUT2D eigenvalue weighted by Crippen LogP contribution is -2.47. The first-order valence-electron chi connectivity index (χ1n) is 10.2. The SMILES string of the molecule is C=CC(=O)N[C@@H]1CCCC[C@H]1Oc1nc(Nc2cc(C(N)=O)ccc2C)ncc1C(N)=O. The van der Waals surface area contributed by atoms with Crippen LogP contribution in [0.1, 0.15) is 52.0 Å². The van der Waals surface area contributed by atoms with Crippen molar-refractivity contribution in [2.24, 2.45) is 11.5 Å². The predicted octanol–water partition coefficient (Wildman–Crippen LogP) is 1.72. The van der Waals surface area contributed by atoms with Crippen LogP contribution in [0.15, 0.2) is 37.1 Å². The highest BCUT2D eigenvalue weighted by atomic mass is 16.5. The van der Waals surface area contributed by atoms with Crippen LogP contribution in [-0.4, -0.2) is 39.8 Å². The number of nitrogens with two attached hydrogens (primary N) is 2. The third-order valence-electron chi connectivity index (χ3n) is 5.27. The first-order valence-corrected chi connectivity index (χ1v) is 10.2. The highest BCUT2D eigenvalue weighted by Gasteiger charge is 2.29. The molecule has 0 spiro atoms. The number of ether oxygens (including phenoxy) is 1. The molecule has 0 aliphatic heterocycles. The Kier molecular flexibility index (Phi) is 7.04. The van der Waals surface area contributed by atoms with Crippen molar-refractivity contribution in [3.05, 3.63) is 53.7 Å². The van der Waals surface area contributed by atoms with E-state index in [1.165, 1.54) is 12.3 Å². The van der Waals surface area contributed by atoms with Crippen LogP contribution < -0.4 is 26.8 Å². The van der Waals surface area contributed by atoms with E-state index in [4.69, 9.17) is 16.2 Å². The summed E-state index contributed by atoms with van der Waals surface area (Å²) >= 11 is 0. The van der Waals surface area contributed by atoms with E-state index in [0.29, 0.717) is 17.7 Å². The minimum atomic E-state index is -0.735. The molecule has 1 aliphatic rings. The molecule has 1 aromatic heterocycles. The second-order valence-electron chi connectivity index (χ2n) is 7.56. The van der Waals surface area contributed by atoms with Gasteiger partial charge in [0.25, 0.3) is 5.91 Å². The van der Waals surface area contributed by atoms with Gasteiger partial charge in [-0.1, -0.05) is 19.1 Å². The van der Waals surface area contributed by atoms with Gasteiger partial charge in [0.05, 0.1) is 6.04 Å². The average molecular weight is 438 g/mol. The Morgan fingerprint density at radius 1 is 1.19 bits per heavy atom. The topological polar surface area (TPSA) is 162 Å². The van der Waals surface area contributed by atoms with Gasteiger partial charge in [-0.3, -0.25) is 14.4 Å². The highest BCUT2D eigenvalue weighted by Crippen LogP contribution is 2.27. The Balaban J connectivity index is 1.89. The maximum Gasteiger partial charge on any atom is 0.255 e. The number of nitrogens with one attached hydrogen (secondary N) is 2. The number of carbonyl (C=O) groups excluding carboxylic acids is 3. The molecular weight excluding hydrogens is 412 g/mol. The van der Waals surface area contributed by atoms with Crippen molar-refractivity contribution in [1.29, 1.82) is 0 Å². The van der Waals surface area contributed by atoms with Gasteiger partial charge in [0.2, 0.25) is 23.6 Å². The van der Waals surface area contributed by atoms with E-state index in [0.717, 1.165) is 24.8 Å². The number of rotatable bonds is 8. The van der Waals surface area contributed by atoms with E-state index in [1.807, 2.05) is 6.92 Å². The quantitative estimate of drug-likeness (QED) is 0.456. The average Bonchev–Trinajstić information content (AvgIpc) is 2.76. The normalized spacial score (nSPS) is 17.8. The molecule has 2 aromatic rings. The van der Waals surface area contributed by atoms with Crippen LogP contribution in [0.3, 0.4) is 0 Å². The Hall–Kier alpha value is -3.95. The number of hydrogen-bond acceptors (Lipinski definition) is 7. The van der Waals surface area contributed by atoms with Gasteiger partial charge >= 0.3 is 0 Å². The molecule has 0 radical (unpaired) electrons. The van der Waals surface area contributed by atoms with Crippen LogP contribution in [0.5, 0.6) is 5.88 Å². The number of anilines is 2. The first-order chi connectivity index (χ1) is 15.3. The fourth-order valence-corrected chi connectivity index (χ4v) is 3.50. The molecular formula is C22H26N6O4. The van der Waals surface area contributed by atoms with Crippen LogP contribution in [0, 0.1) is 6.92 Å². The summed E-state index contributed by atoms with van der Waals surface area (Å²) in [5.74, 6) is -1.43. The van der Waals surface area contributed by atoms with Crippen molar-refractivity contribution < 1.29 is 19.1 Å². The molecule has 0 unspecified atom stereocenters. The summed E-state index contributed by atoms with van der Waals surface area (Å²) in [5.41, 5.74) is 12.6. The minimum Gasteiger partial charge on any atom is -0.471 e. The summed E-state index contributed by atoms with van der Waals surface area (Å²) in [4.78, 5) is 43.7. The van der Waals surface area contributed by atoms with E-state index < -0.39 is 17.9 Å². The zero-order valence-corrected chi connectivity index (χ0v) is 17.8. The summed E-state index contributed by atoms with van der Waals surface area (Å²) in [7, 11) is 0. The molecule has 168 valence electrons. The molecule has 32 heavy (non-hydrogen) atoms. The van der Waals surface area contributed by atoms with Crippen molar-refractivity contribution in [1.82, 2.24) is 15.3 Å². The highest BCUT2D eigenvalue weighted by molar-refractivity contribution is 5.95. The molecule has 3 amide bonds. The number of benzene rings is 1. The third kappa shape index (κ3) is 5.39. The fraction of sp³-hybridized carbons (Fsp3) is 0.318. The number of aromatic nitrogens is 2. The van der Waals surface area contributed by atoms with Crippen LogP contribution in [0.25, 0.3) is 0 Å². The van der Waals surface area contributed by atoms with Crippen LogP contribution >= 0.6 is 0 Å². The van der Waals surface area contributed by atoms with Gasteiger partial charge in [-0.2, -0.15) is 4.98 Å². The van der Waals surface area contributed by atoms with Crippen LogP contribution in [0.4, 0.5) is 11.6 Å². The smallest absolute Gasteiger partial charge is 0.255 e. The van der Waals surface area contributed by atoms with E-state index in [-0.39, 0.29) is 29.3 Å². The predicted molar refractivity (Wildman–Crippen MR) is 119 cm³/mol. The van der Waals surface area contributed by atoms with Gasteiger partial charge in [-0.15, -0.1) is 0 Å². The summed E-state index contributed by atoms with van der Waals surface area (Å²) < 4.78 is 6.06. The molecule has 1 aromatic carbocycles. The number of hydrogen-bond donors (Lipinski definition) is 4. The molecule has 10 heteroatoms. The van der Waals surface area contributed by atoms with Gasteiger partial charge in [0.1, 0.15) is 11.7 Å². The fourth-order valence-electron chi connectivity index (χ4n) is 3.50. The van der Waals surface area contributed by atoms with Crippen molar-refractivity contribution in [2.75, 3.05) is 5.32 Å². The molecule has 0 saturated heterocycles. The lowest BCUT2D eigenvalue weighted by atomic mass is 9.92. The molecule has 1 fully saturated rings. The molecule has 0 bridgehead atoms. The Morgan fingerprint density at radius 2 is 1.94 bits per heavy atom. The van der Waals surface area contributed by atoms with Crippen molar-refractivity contribution >= 4 is 29.4 Å². The monoisotopic (exact) mass is 438 g/mol. The second kappa shape index (κ2) is 9.90. The van der Waals surface area contributed by atoms with Crippen LogP contribution in [0.2, 0.25) is 0 Å². The van der Waals surface area contributed by atoms with E-state index in [2.05, 4.69) is 27.2 Å². The van der Waals surface area contributed by atoms with E-state index >= 15 is 0 Å². The van der Waals surface area contributed by atoms with Gasteiger partial charge in [0, 0.05) is 17.4 Å². The van der Waals surface area contributed by atoms with Gasteiger partial charge in [0.15, 0.2) is 0 Å². The van der Waals surface area contributed by atoms with Crippen molar-refractivity contribution in [3.8, 4) is 5.88 Å². The van der Waals surface area contributed by atoms with Gasteiger partial charge in [-0.25, -0.2) is 4.98 Å². The lowest BCUT2D eigenvalue weighted by Gasteiger charge is -2.32. The van der Waals surface area contributed by atoms with Gasteiger partial charge in [-0.05, 0) is 50.0 Å². The Bertz CT molecular complexity index is 1050. The molecule has 1 heterocycles. The Morgan fingerprint density at radius 3 is 2.62 bits per heavy atom. The summed E-state index contributed by atoms with van der Waals surface area (Å²) in [5, 5.41) is 5.88. The zero-order valence-electron chi connectivity index (χ0n) is 17.8. The van der Waals surface area contributed by atoms with Crippen molar-refractivity contribution in [3.63, 3.8) is 0 Å². The summed E-state index contributed by atoms with van der Waals surface area (Å²) in [6.07, 6.45) is 5.34. The van der Waals surface area contributed by atoms with E-state index in [1.54, 1.807) is 18.2 Å². The third-order valence-corrected chi connectivity index (χ3v) is 5.27. The number of carbonyl (C=O) groups is 3. The number of nitrogens with zero attached hydrogens (tertiary/aromatic N) is 2. The lowest BCUT2D eigenvalue weighted by molar-refractivity contribution is -0.118. The molecule has 1 saturated carbocycles. The standard InChI is InChI=1S/C22H26N6O4/c1-3-18(29)26-15-6-4-5-7-17(15)32-21-14(20(24)31)11-25-22(28-21)27-16-10-13(19(23)30)9-8-12(16)2/h3,8-11,15,17H,1,4-7H2,2H3,(H2,23,30)(H2,24,31)(H,26,29)(H,25,27,28)/t15-,17-/m1/s1.